The molecule has 0 aliphatic carbocycles. The van der Waals surface area contributed by atoms with Gasteiger partial charge in [0, 0.05) is 33.5 Å². The van der Waals surface area contributed by atoms with E-state index in [1.807, 2.05) is 6.07 Å². The van der Waals surface area contributed by atoms with Crippen LogP contribution in [-0.4, -0.2) is 4.98 Å². The van der Waals surface area contributed by atoms with Gasteiger partial charge in [0.2, 0.25) is 0 Å². The number of aryl methyl sites for hydroxylation is 2. The summed E-state index contributed by atoms with van der Waals surface area (Å²) in [4.78, 5) is 4.41. The lowest BCUT2D eigenvalue weighted by Crippen LogP contribution is -2.09. The van der Waals surface area contributed by atoms with Gasteiger partial charge in [-0.15, -0.1) is 0 Å². The van der Waals surface area contributed by atoms with Crippen molar-refractivity contribution in [3.05, 3.63) is 89.1 Å². The number of rotatable bonds is 3. The molecule has 0 saturated carbocycles. The van der Waals surface area contributed by atoms with Crippen LogP contribution in [0.3, 0.4) is 0 Å². The first-order chi connectivity index (χ1) is 20.3. The van der Waals surface area contributed by atoms with Crippen molar-refractivity contribution in [3.8, 4) is 28.5 Å². The number of hydrogen-bond donors (Lipinski definition) is 0. The molecule has 0 unspecified atom stereocenters. The van der Waals surface area contributed by atoms with Crippen molar-refractivity contribution < 1.29 is 18.1 Å². The second-order valence-corrected chi connectivity index (χ2v) is 9.18. The highest BCUT2D eigenvalue weighted by molar-refractivity contribution is 6.09. The third-order valence-electron chi connectivity index (χ3n) is 5.45. The van der Waals surface area contributed by atoms with Gasteiger partial charge >= 0.3 is 0 Å². The number of furan rings is 1. The van der Waals surface area contributed by atoms with Gasteiger partial charge in [0.25, 0.3) is 0 Å². The third kappa shape index (κ3) is 3.97. The molecule has 0 amide bonds. The Morgan fingerprint density at radius 3 is 2.65 bits per heavy atom. The fourth-order valence-corrected chi connectivity index (χ4v) is 4.03. The summed E-state index contributed by atoms with van der Waals surface area (Å²) in [6.07, 6.45) is -0.870. The minimum absolute atomic E-state index is 0.00423. The van der Waals surface area contributed by atoms with Gasteiger partial charge in [-0.05, 0) is 83.6 Å². The highest BCUT2D eigenvalue weighted by Crippen LogP contribution is 2.37. The third-order valence-corrected chi connectivity index (χ3v) is 5.45. The summed E-state index contributed by atoms with van der Waals surface area (Å²) >= 11 is 0. The van der Waals surface area contributed by atoms with Gasteiger partial charge < -0.3 is 4.42 Å². The molecule has 3 aromatic carbocycles. The average Bonchev–Trinajstić information content (AvgIpc) is 3.30. The van der Waals surface area contributed by atoms with Crippen molar-refractivity contribution in [2.75, 3.05) is 0 Å². The summed E-state index contributed by atoms with van der Waals surface area (Å²) < 4.78 is 90.3. The van der Waals surface area contributed by atoms with E-state index >= 15 is 0 Å². The summed E-state index contributed by atoms with van der Waals surface area (Å²) in [5.74, 6) is 0. The van der Waals surface area contributed by atoms with Crippen molar-refractivity contribution in [1.29, 1.82) is 5.26 Å². The molecule has 0 spiro atoms. The van der Waals surface area contributed by atoms with E-state index in [1.165, 1.54) is 24.3 Å². The second kappa shape index (κ2) is 8.15. The predicted molar refractivity (Wildman–Crippen MR) is 140 cm³/mol. The van der Waals surface area contributed by atoms with Crippen LogP contribution in [0, 0.1) is 30.4 Å². The molecular formula is C31H28N2O. The zero-order chi connectivity index (χ0) is 32.6. The van der Waals surface area contributed by atoms with Gasteiger partial charge in [-0.2, -0.15) is 5.26 Å². The number of pyridine rings is 1. The van der Waals surface area contributed by atoms with E-state index in [9.17, 15) is 5.26 Å². The molecule has 0 N–H and O–H groups in total. The Balaban J connectivity index is 1.84. The second-order valence-electron chi connectivity index (χ2n) is 9.18. The molecule has 0 atom stereocenters. The molecule has 5 rings (SSSR count). The molecule has 0 aliphatic heterocycles. The SMILES string of the molecule is [2H]c1cc(C([2H])([2H])C(C)(C)C)cc(C([2H])([2H])[2H])c1-c1cc(-c2cccc3c2oc2c([2H])c(C#N)ccc23)ncc1C([2H])([2H])[2H]. The first-order valence-corrected chi connectivity index (χ1v) is 10.8. The van der Waals surface area contributed by atoms with Crippen molar-refractivity contribution in [2.45, 2.75) is 40.8 Å². The smallest absolute Gasteiger partial charge is 0.144 e. The van der Waals surface area contributed by atoms with Crippen LogP contribution in [0.15, 0.2) is 71.2 Å². The van der Waals surface area contributed by atoms with E-state index in [1.54, 1.807) is 45.0 Å². The zero-order valence-corrected chi connectivity index (χ0v) is 19.0. The van der Waals surface area contributed by atoms with Gasteiger partial charge in [0.15, 0.2) is 0 Å². The molecule has 0 bridgehead atoms. The van der Waals surface area contributed by atoms with Gasteiger partial charge in [-0.25, -0.2) is 0 Å². The molecule has 0 fully saturated rings. The average molecular weight is 455 g/mol. The van der Waals surface area contributed by atoms with Crippen LogP contribution in [0.1, 0.15) is 56.7 Å². The molecule has 5 aromatic rings. The fourth-order valence-electron chi connectivity index (χ4n) is 4.03. The van der Waals surface area contributed by atoms with Crippen LogP contribution < -0.4 is 0 Å². The maximum absolute atomic E-state index is 9.38. The van der Waals surface area contributed by atoms with Gasteiger partial charge in [-0.1, -0.05) is 51.1 Å². The van der Waals surface area contributed by atoms with Crippen molar-refractivity contribution >= 4 is 21.9 Å². The van der Waals surface area contributed by atoms with Crippen molar-refractivity contribution in [3.63, 3.8) is 0 Å². The van der Waals surface area contributed by atoms with Crippen molar-refractivity contribution in [1.82, 2.24) is 4.98 Å². The quantitative estimate of drug-likeness (QED) is 0.275. The van der Waals surface area contributed by atoms with E-state index < -0.39 is 25.5 Å². The van der Waals surface area contributed by atoms with Gasteiger partial charge in [-0.3, -0.25) is 4.98 Å². The van der Waals surface area contributed by atoms with Crippen LogP contribution in [0.4, 0.5) is 0 Å². The number of benzene rings is 3. The molecule has 3 nitrogen and oxygen atoms in total. The Bertz CT molecular complexity index is 1990. The van der Waals surface area contributed by atoms with Crippen LogP contribution >= 0.6 is 0 Å². The minimum atomic E-state index is -2.81. The normalized spacial score (nSPS) is 17.2. The highest BCUT2D eigenvalue weighted by atomic mass is 16.3. The first kappa shape index (κ1) is 13.1. The Hall–Kier alpha value is -3.90. The number of fused-ring (bicyclic) bond motifs is 3. The predicted octanol–water partition coefficient (Wildman–Crippen LogP) is 8.39. The summed E-state index contributed by atoms with van der Waals surface area (Å²) in [5, 5.41) is 10.6. The Morgan fingerprint density at radius 2 is 1.88 bits per heavy atom. The number of nitriles is 1. The fraction of sp³-hybridized carbons (Fsp3) is 0.226. The molecule has 34 heavy (non-hydrogen) atoms. The molecule has 0 saturated heterocycles. The molecule has 2 heterocycles. The lowest BCUT2D eigenvalue weighted by molar-refractivity contribution is 0.411. The van der Waals surface area contributed by atoms with E-state index in [4.69, 9.17) is 18.1 Å². The Morgan fingerprint density at radius 1 is 1.03 bits per heavy atom. The van der Waals surface area contributed by atoms with Crippen molar-refractivity contribution in [2.24, 2.45) is 5.41 Å². The lowest BCUT2D eigenvalue weighted by atomic mass is 9.86. The number of nitrogens with zero attached hydrogens (tertiary/aromatic N) is 2. The molecular weight excluding hydrogens is 416 g/mol. The van der Waals surface area contributed by atoms with Gasteiger partial charge in [0.1, 0.15) is 11.2 Å². The molecule has 0 radical (unpaired) electrons. The summed E-state index contributed by atoms with van der Waals surface area (Å²) in [7, 11) is 0. The molecule has 3 heteroatoms. The Kier molecular flexibility index (Phi) is 3.14. The molecule has 2 aromatic heterocycles. The first-order valence-electron chi connectivity index (χ1n) is 15.8. The summed E-state index contributed by atoms with van der Waals surface area (Å²) in [6, 6.07) is 13.8. The molecule has 168 valence electrons. The zero-order valence-electron chi connectivity index (χ0n) is 29.0. The van der Waals surface area contributed by atoms with E-state index in [-0.39, 0.29) is 56.7 Å². The van der Waals surface area contributed by atoms with Crippen LogP contribution in [0.25, 0.3) is 44.3 Å². The van der Waals surface area contributed by atoms with E-state index in [2.05, 4.69) is 4.98 Å². The number of aromatic nitrogens is 1. The Labute approximate surface area is 214 Å². The van der Waals surface area contributed by atoms with Crippen LogP contribution in [0.5, 0.6) is 0 Å². The standard InChI is InChI=1S/C31H28N2O/c1-19-13-21(16-31(3,4)5)9-11-23(19)27-15-28(33-18-20(27)2)26-8-6-7-25-24-12-10-22(17-32)14-29(24)34-30(25)26/h6-15,18H,16H2,1-5H3/i1D3,2D3,11D,14D,16D2. The summed E-state index contributed by atoms with van der Waals surface area (Å²) in [5.41, 5.74) is -0.409. The van der Waals surface area contributed by atoms with Gasteiger partial charge in [0.05, 0.1) is 20.1 Å². The minimum Gasteiger partial charge on any atom is -0.455 e. The summed E-state index contributed by atoms with van der Waals surface area (Å²) in [6.45, 7) is -0.524. The maximum atomic E-state index is 9.38. The topological polar surface area (TPSA) is 49.8 Å². The highest BCUT2D eigenvalue weighted by Gasteiger charge is 2.16. The monoisotopic (exact) mass is 454 g/mol. The number of para-hydroxylation sites is 1. The van der Waals surface area contributed by atoms with Crippen LogP contribution in [0.2, 0.25) is 0 Å². The largest absolute Gasteiger partial charge is 0.455 e. The van der Waals surface area contributed by atoms with Crippen LogP contribution in [-0.2, 0) is 6.37 Å². The van der Waals surface area contributed by atoms with E-state index in [0.29, 0.717) is 21.9 Å². The number of hydrogen-bond acceptors (Lipinski definition) is 3. The van der Waals surface area contributed by atoms with E-state index in [0.717, 1.165) is 6.20 Å². The maximum Gasteiger partial charge on any atom is 0.144 e. The molecule has 0 aliphatic rings. The lowest BCUT2D eigenvalue weighted by Gasteiger charge is -2.19.